The summed E-state index contributed by atoms with van der Waals surface area (Å²) in [6, 6.07) is 23.4. The lowest BCUT2D eigenvalue weighted by Crippen LogP contribution is -2.58. The van der Waals surface area contributed by atoms with E-state index in [4.69, 9.17) is 11.6 Å². The van der Waals surface area contributed by atoms with Gasteiger partial charge in [0.2, 0.25) is 0 Å². The molecule has 6 heteroatoms. The van der Waals surface area contributed by atoms with Gasteiger partial charge >= 0.3 is 0 Å². The molecule has 5 nitrogen and oxygen atoms in total. The SMILES string of the molecule is O=[N+]([O-])[C@@H]1[C@@H](c2ccc(Cl)cc2)N[C@@H](c2ccccc2)C[C@@]1(O)c1ccccc1. The van der Waals surface area contributed by atoms with E-state index >= 15 is 0 Å². The second-order valence-corrected chi connectivity index (χ2v) is 7.82. The van der Waals surface area contributed by atoms with Crippen LogP contribution in [0, 0.1) is 10.1 Å². The van der Waals surface area contributed by atoms with Crippen molar-refractivity contribution in [2.24, 2.45) is 0 Å². The molecule has 0 aliphatic carbocycles. The molecule has 29 heavy (non-hydrogen) atoms. The Hall–Kier alpha value is -2.73. The zero-order chi connectivity index (χ0) is 20.4. The third-order valence-electron chi connectivity index (χ3n) is 5.63. The molecule has 0 radical (unpaired) electrons. The predicted molar refractivity (Wildman–Crippen MR) is 112 cm³/mol. The van der Waals surface area contributed by atoms with E-state index < -0.39 is 17.7 Å². The highest BCUT2D eigenvalue weighted by Gasteiger charge is 2.56. The van der Waals surface area contributed by atoms with Crippen molar-refractivity contribution in [1.82, 2.24) is 5.32 Å². The third-order valence-corrected chi connectivity index (χ3v) is 5.88. The summed E-state index contributed by atoms with van der Waals surface area (Å²) in [5, 5.41) is 28.0. The number of benzene rings is 3. The molecular weight excluding hydrogens is 388 g/mol. The van der Waals surface area contributed by atoms with Crippen molar-refractivity contribution >= 4 is 11.6 Å². The molecule has 148 valence electrons. The minimum absolute atomic E-state index is 0.191. The van der Waals surface area contributed by atoms with E-state index in [0.717, 1.165) is 5.56 Å². The van der Waals surface area contributed by atoms with E-state index in [9.17, 15) is 15.2 Å². The summed E-state index contributed by atoms with van der Waals surface area (Å²) < 4.78 is 0. The molecule has 0 saturated carbocycles. The lowest BCUT2D eigenvalue weighted by atomic mass is 9.72. The topological polar surface area (TPSA) is 75.4 Å². The number of nitro groups is 1. The van der Waals surface area contributed by atoms with Crippen molar-refractivity contribution < 1.29 is 10.0 Å². The van der Waals surface area contributed by atoms with E-state index in [1.807, 2.05) is 36.4 Å². The van der Waals surface area contributed by atoms with Crippen LogP contribution in [0.4, 0.5) is 0 Å². The molecule has 0 unspecified atom stereocenters. The van der Waals surface area contributed by atoms with Crippen molar-refractivity contribution in [3.63, 3.8) is 0 Å². The second kappa shape index (κ2) is 7.95. The van der Waals surface area contributed by atoms with E-state index in [1.165, 1.54) is 0 Å². The third kappa shape index (κ3) is 3.77. The second-order valence-electron chi connectivity index (χ2n) is 7.38. The number of hydrogen-bond acceptors (Lipinski definition) is 4. The molecule has 1 aliphatic rings. The summed E-state index contributed by atoms with van der Waals surface area (Å²) >= 11 is 6.02. The highest BCUT2D eigenvalue weighted by molar-refractivity contribution is 6.30. The van der Waals surface area contributed by atoms with Crippen LogP contribution in [0.25, 0.3) is 0 Å². The first kappa shape index (κ1) is 19.6. The average molecular weight is 409 g/mol. The molecule has 0 spiro atoms. The van der Waals surface area contributed by atoms with Gasteiger partial charge in [0.25, 0.3) is 6.04 Å². The Balaban J connectivity index is 1.85. The standard InChI is InChI=1S/C23H21ClN2O3/c24-19-13-11-17(12-14-19)21-22(26(28)29)23(27,18-9-5-2-6-10-18)15-20(25-21)16-7-3-1-4-8-16/h1-14,20-22,25,27H,15H2/t20-,21-,22-,23-/m1/s1. The Bertz CT molecular complexity index is 982. The molecule has 3 aromatic carbocycles. The summed E-state index contributed by atoms with van der Waals surface area (Å²) in [5.74, 6) is 0. The van der Waals surface area contributed by atoms with Crippen molar-refractivity contribution in [2.75, 3.05) is 0 Å². The summed E-state index contributed by atoms with van der Waals surface area (Å²) in [6.07, 6.45) is 0.191. The van der Waals surface area contributed by atoms with Gasteiger partial charge in [-0.1, -0.05) is 84.4 Å². The Morgan fingerprint density at radius 3 is 2.10 bits per heavy atom. The van der Waals surface area contributed by atoms with Gasteiger partial charge in [-0.3, -0.25) is 15.4 Å². The van der Waals surface area contributed by atoms with Crippen LogP contribution in [-0.4, -0.2) is 16.1 Å². The van der Waals surface area contributed by atoms with Gasteiger partial charge < -0.3 is 5.11 Å². The maximum absolute atomic E-state index is 12.2. The Morgan fingerprint density at radius 1 is 0.931 bits per heavy atom. The number of piperidine rings is 1. The van der Waals surface area contributed by atoms with E-state index in [-0.39, 0.29) is 17.4 Å². The van der Waals surface area contributed by atoms with E-state index in [1.54, 1.807) is 48.5 Å². The fraction of sp³-hybridized carbons (Fsp3) is 0.217. The highest BCUT2D eigenvalue weighted by Crippen LogP contribution is 2.46. The van der Waals surface area contributed by atoms with Gasteiger partial charge in [0.15, 0.2) is 5.60 Å². The van der Waals surface area contributed by atoms with Crippen LogP contribution < -0.4 is 5.32 Å². The van der Waals surface area contributed by atoms with E-state index in [2.05, 4.69) is 5.32 Å². The smallest absolute Gasteiger partial charge is 0.264 e. The van der Waals surface area contributed by atoms with Crippen LogP contribution in [0.15, 0.2) is 84.9 Å². The van der Waals surface area contributed by atoms with Gasteiger partial charge in [0.1, 0.15) is 6.04 Å². The number of nitrogens with one attached hydrogen (secondary N) is 1. The number of rotatable bonds is 4. The molecule has 1 fully saturated rings. The van der Waals surface area contributed by atoms with Crippen LogP contribution in [0.5, 0.6) is 0 Å². The van der Waals surface area contributed by atoms with Gasteiger partial charge in [-0.05, 0) is 28.8 Å². The van der Waals surface area contributed by atoms with Crippen LogP contribution >= 0.6 is 11.6 Å². The molecule has 0 bridgehead atoms. The number of halogens is 1. The Kier molecular flexibility index (Phi) is 5.37. The number of hydrogen-bond donors (Lipinski definition) is 2. The normalized spacial score (nSPS) is 26.8. The fourth-order valence-electron chi connectivity index (χ4n) is 4.23. The lowest BCUT2D eigenvalue weighted by Gasteiger charge is -2.44. The Morgan fingerprint density at radius 2 is 1.52 bits per heavy atom. The van der Waals surface area contributed by atoms with Gasteiger partial charge in [-0.25, -0.2) is 0 Å². The summed E-state index contributed by atoms with van der Waals surface area (Å²) in [5.41, 5.74) is 0.595. The first-order chi connectivity index (χ1) is 14.0. The molecule has 4 atom stereocenters. The summed E-state index contributed by atoms with van der Waals surface area (Å²) in [7, 11) is 0. The summed E-state index contributed by atoms with van der Waals surface area (Å²) in [4.78, 5) is 11.8. The Labute approximate surface area is 174 Å². The van der Waals surface area contributed by atoms with Crippen molar-refractivity contribution in [1.29, 1.82) is 0 Å². The largest absolute Gasteiger partial charge is 0.378 e. The van der Waals surface area contributed by atoms with Gasteiger partial charge in [0.05, 0.1) is 0 Å². The zero-order valence-corrected chi connectivity index (χ0v) is 16.4. The van der Waals surface area contributed by atoms with Crippen molar-refractivity contribution in [3.8, 4) is 0 Å². The van der Waals surface area contributed by atoms with Gasteiger partial charge in [-0.15, -0.1) is 0 Å². The maximum atomic E-state index is 12.2. The first-order valence-electron chi connectivity index (χ1n) is 9.47. The predicted octanol–water partition coefficient (Wildman–Crippen LogP) is 4.65. The average Bonchev–Trinajstić information content (AvgIpc) is 2.74. The lowest BCUT2D eigenvalue weighted by molar-refractivity contribution is -0.558. The van der Waals surface area contributed by atoms with Crippen LogP contribution in [0.1, 0.15) is 35.2 Å². The van der Waals surface area contributed by atoms with E-state index in [0.29, 0.717) is 16.1 Å². The highest BCUT2D eigenvalue weighted by atomic mass is 35.5. The summed E-state index contributed by atoms with van der Waals surface area (Å²) in [6.45, 7) is 0. The molecule has 0 aromatic heterocycles. The molecule has 1 heterocycles. The fourth-order valence-corrected chi connectivity index (χ4v) is 4.36. The minimum Gasteiger partial charge on any atom is -0.378 e. The molecule has 3 aromatic rings. The minimum atomic E-state index is -1.64. The van der Waals surface area contributed by atoms with Crippen LogP contribution in [-0.2, 0) is 5.60 Å². The van der Waals surface area contributed by atoms with Crippen LogP contribution in [0.2, 0.25) is 5.02 Å². The molecule has 2 N–H and O–H groups in total. The molecule has 4 rings (SSSR count). The first-order valence-corrected chi connectivity index (χ1v) is 9.85. The quantitative estimate of drug-likeness (QED) is 0.486. The zero-order valence-electron chi connectivity index (χ0n) is 15.6. The van der Waals surface area contributed by atoms with Gasteiger partial charge in [-0.2, -0.15) is 0 Å². The molecule has 0 amide bonds. The maximum Gasteiger partial charge on any atom is 0.264 e. The monoisotopic (exact) mass is 408 g/mol. The van der Waals surface area contributed by atoms with Gasteiger partial charge in [0, 0.05) is 22.4 Å². The van der Waals surface area contributed by atoms with Crippen molar-refractivity contribution in [2.45, 2.75) is 30.1 Å². The molecule has 1 saturated heterocycles. The van der Waals surface area contributed by atoms with Crippen LogP contribution in [0.3, 0.4) is 0 Å². The number of aliphatic hydroxyl groups is 1. The molecular formula is C23H21ClN2O3. The molecule has 1 aliphatic heterocycles. The van der Waals surface area contributed by atoms with Crippen molar-refractivity contribution in [3.05, 3.63) is 117 Å². The number of nitrogens with zero attached hydrogens (tertiary/aromatic N) is 1.